The number of likely N-dealkylation sites (tertiary alicyclic amines) is 1. The maximum absolute atomic E-state index is 14.3. The number of rotatable bonds is 8. The molecule has 11 nitrogen and oxygen atoms in total. The van der Waals surface area contributed by atoms with Gasteiger partial charge in [0.25, 0.3) is 11.8 Å². The number of fused-ring (bicyclic) bond motifs is 3. The fourth-order valence-corrected chi connectivity index (χ4v) is 6.44. The standard InChI is InChI=1S/C32H36N6O5/c1-36(2)27-16-32(21-14-19(29(40)37(3)4)11-12-23(21)35-31(32)42)17-38(27)30(41)25(13-18-9-10-18)34-28(39)24-15-20-22(33-24)7-6-8-26(20)43-5/h6-8,11-12,14-15,18,25,27H,1,9-10,13,16-17H2,2-5H3,(H2-,33,34,35,39,40,42)/p+1/t25-,27-,32-/m0/s1. The summed E-state index contributed by atoms with van der Waals surface area (Å²) in [4.78, 5) is 60.5. The van der Waals surface area contributed by atoms with E-state index < -0.39 is 17.6 Å². The molecule has 2 aromatic carbocycles. The lowest BCUT2D eigenvalue weighted by atomic mass is 9.79. The van der Waals surface area contributed by atoms with E-state index in [2.05, 4.69) is 22.3 Å². The van der Waals surface area contributed by atoms with Gasteiger partial charge in [-0.2, -0.15) is 0 Å². The molecule has 1 spiro atoms. The minimum absolute atomic E-state index is 0.107. The molecule has 224 valence electrons. The Morgan fingerprint density at radius 1 is 1.21 bits per heavy atom. The first-order valence-corrected chi connectivity index (χ1v) is 14.5. The van der Waals surface area contributed by atoms with Crippen LogP contribution in [-0.4, -0.2) is 96.7 Å². The molecule has 6 rings (SSSR count). The molecule has 0 unspecified atom stereocenters. The molecule has 0 bridgehead atoms. The van der Waals surface area contributed by atoms with E-state index in [-0.39, 0.29) is 30.2 Å². The topological polar surface area (TPSA) is 127 Å². The Kier molecular flexibility index (Phi) is 6.98. The van der Waals surface area contributed by atoms with Gasteiger partial charge < -0.3 is 25.3 Å². The number of hydrogen-bond acceptors (Lipinski definition) is 5. The third-order valence-electron chi connectivity index (χ3n) is 8.95. The summed E-state index contributed by atoms with van der Waals surface area (Å²) in [6.45, 7) is 4.19. The summed E-state index contributed by atoms with van der Waals surface area (Å²) in [5.41, 5.74) is 1.84. The number of amides is 4. The minimum atomic E-state index is -1.05. The Morgan fingerprint density at radius 3 is 2.65 bits per heavy atom. The zero-order chi connectivity index (χ0) is 30.6. The molecule has 1 aromatic heterocycles. The van der Waals surface area contributed by atoms with E-state index in [0.717, 1.165) is 23.7 Å². The van der Waals surface area contributed by atoms with E-state index in [1.54, 1.807) is 62.0 Å². The fraction of sp³-hybridized carbons (Fsp3) is 0.406. The Labute approximate surface area is 249 Å². The van der Waals surface area contributed by atoms with Gasteiger partial charge in [-0.25, -0.2) is 4.58 Å². The van der Waals surface area contributed by atoms with Crippen molar-refractivity contribution in [3.8, 4) is 5.75 Å². The summed E-state index contributed by atoms with van der Waals surface area (Å²) in [6, 6.07) is 11.7. The highest BCUT2D eigenvalue weighted by Gasteiger charge is 2.59. The van der Waals surface area contributed by atoms with Crippen LogP contribution in [-0.2, 0) is 15.0 Å². The van der Waals surface area contributed by atoms with E-state index in [0.29, 0.717) is 47.0 Å². The van der Waals surface area contributed by atoms with Crippen molar-refractivity contribution >= 4 is 46.9 Å². The molecule has 3 N–H and O–H groups in total. The Morgan fingerprint density at radius 2 is 1.98 bits per heavy atom. The van der Waals surface area contributed by atoms with Crippen molar-refractivity contribution in [3.63, 3.8) is 0 Å². The number of nitrogens with zero attached hydrogens (tertiary/aromatic N) is 3. The maximum Gasteiger partial charge on any atom is 0.268 e. The van der Waals surface area contributed by atoms with Crippen LogP contribution in [0.1, 0.15) is 52.1 Å². The third kappa shape index (κ3) is 4.92. The lowest BCUT2D eigenvalue weighted by Gasteiger charge is -2.27. The SMILES string of the molecule is C=[N+](C)[C@@H]1C[C@@]2(CN1C(=O)[C@H](CC1CC1)NC(=O)c1cc3c(OC)cccc3[nH]1)C(=O)Nc1ccc(C(=O)N(C)C)cc12. The molecule has 3 heterocycles. The molecule has 2 fully saturated rings. The molecule has 43 heavy (non-hydrogen) atoms. The largest absolute Gasteiger partial charge is 0.496 e. The normalized spacial score (nSPS) is 21.4. The molecule has 1 aliphatic carbocycles. The quantitative estimate of drug-likeness (QED) is 0.277. The molecule has 3 atom stereocenters. The first-order chi connectivity index (χ1) is 20.5. The van der Waals surface area contributed by atoms with Gasteiger partial charge in [-0.15, -0.1) is 0 Å². The van der Waals surface area contributed by atoms with Gasteiger partial charge in [0.1, 0.15) is 36.7 Å². The monoisotopic (exact) mass is 585 g/mol. The summed E-state index contributed by atoms with van der Waals surface area (Å²) in [5.74, 6) is -0.0355. The molecular weight excluding hydrogens is 548 g/mol. The van der Waals surface area contributed by atoms with Crippen molar-refractivity contribution in [2.24, 2.45) is 5.92 Å². The second-order valence-electron chi connectivity index (χ2n) is 12.2. The average Bonchev–Trinajstić information content (AvgIpc) is 3.43. The highest BCUT2D eigenvalue weighted by atomic mass is 16.5. The van der Waals surface area contributed by atoms with Gasteiger partial charge >= 0.3 is 0 Å². The van der Waals surface area contributed by atoms with E-state index in [1.807, 2.05) is 18.2 Å². The summed E-state index contributed by atoms with van der Waals surface area (Å²) in [7, 11) is 6.71. The number of benzene rings is 2. The number of aromatic nitrogens is 1. The smallest absolute Gasteiger partial charge is 0.268 e. The van der Waals surface area contributed by atoms with Crippen molar-refractivity contribution in [1.82, 2.24) is 20.1 Å². The molecule has 4 amide bonds. The molecule has 11 heteroatoms. The van der Waals surface area contributed by atoms with Gasteiger partial charge in [-0.1, -0.05) is 18.9 Å². The van der Waals surface area contributed by atoms with Crippen molar-refractivity contribution in [1.29, 1.82) is 0 Å². The van der Waals surface area contributed by atoms with Crippen LogP contribution in [0.15, 0.2) is 42.5 Å². The molecule has 1 saturated heterocycles. The first-order valence-electron chi connectivity index (χ1n) is 14.5. The zero-order valence-corrected chi connectivity index (χ0v) is 24.9. The summed E-state index contributed by atoms with van der Waals surface area (Å²) < 4.78 is 7.12. The number of methoxy groups -OCH3 is 1. The predicted octanol–water partition coefficient (Wildman–Crippen LogP) is 2.57. The van der Waals surface area contributed by atoms with Crippen molar-refractivity contribution in [2.75, 3.05) is 40.1 Å². The Bertz CT molecular complexity index is 1670. The molecule has 3 aromatic rings. The highest BCUT2D eigenvalue weighted by molar-refractivity contribution is 6.08. The van der Waals surface area contributed by atoms with E-state index >= 15 is 0 Å². The van der Waals surface area contributed by atoms with Gasteiger partial charge in [0, 0.05) is 42.8 Å². The number of H-pyrrole nitrogens is 1. The first kappa shape index (κ1) is 28.4. The second kappa shape index (κ2) is 10.6. The number of aromatic amines is 1. The molecule has 0 radical (unpaired) electrons. The van der Waals surface area contributed by atoms with Crippen LogP contribution in [0.3, 0.4) is 0 Å². The second-order valence-corrected chi connectivity index (χ2v) is 12.2. The number of anilines is 1. The zero-order valence-electron chi connectivity index (χ0n) is 24.9. The molecule has 2 aliphatic heterocycles. The van der Waals surface area contributed by atoms with Crippen LogP contribution in [0.2, 0.25) is 0 Å². The van der Waals surface area contributed by atoms with Crippen LogP contribution in [0.4, 0.5) is 5.69 Å². The van der Waals surface area contributed by atoms with Crippen molar-refractivity contribution in [2.45, 2.75) is 43.3 Å². The van der Waals surface area contributed by atoms with Crippen molar-refractivity contribution in [3.05, 3.63) is 59.3 Å². The molecular formula is C32H37N6O5+. The van der Waals surface area contributed by atoms with Crippen LogP contribution in [0.5, 0.6) is 5.75 Å². The minimum Gasteiger partial charge on any atom is -0.496 e. The van der Waals surface area contributed by atoms with Gasteiger partial charge in [0.15, 0.2) is 0 Å². The maximum atomic E-state index is 14.3. The average molecular weight is 586 g/mol. The number of hydrogen-bond donors (Lipinski definition) is 3. The van der Waals surface area contributed by atoms with Gasteiger partial charge in [0.05, 0.1) is 13.5 Å². The van der Waals surface area contributed by atoms with Gasteiger partial charge in [-0.05, 0) is 54.3 Å². The Hall–Kier alpha value is -4.67. The highest BCUT2D eigenvalue weighted by Crippen LogP contribution is 2.47. The number of ether oxygens (including phenoxy) is 1. The lowest BCUT2D eigenvalue weighted by molar-refractivity contribution is -0.549. The third-order valence-corrected chi connectivity index (χ3v) is 8.95. The van der Waals surface area contributed by atoms with Crippen LogP contribution >= 0.6 is 0 Å². The predicted molar refractivity (Wildman–Crippen MR) is 162 cm³/mol. The molecule has 3 aliphatic rings. The van der Waals surface area contributed by atoms with E-state index in [4.69, 9.17) is 4.74 Å². The Balaban J connectivity index is 1.31. The fourth-order valence-electron chi connectivity index (χ4n) is 6.44. The lowest BCUT2D eigenvalue weighted by Crippen LogP contribution is -2.52. The summed E-state index contributed by atoms with van der Waals surface area (Å²) in [6.07, 6.45) is 2.33. The summed E-state index contributed by atoms with van der Waals surface area (Å²) in [5, 5.41) is 6.74. The van der Waals surface area contributed by atoms with E-state index in [1.165, 1.54) is 4.90 Å². The number of nitrogens with one attached hydrogen (secondary N) is 3. The van der Waals surface area contributed by atoms with E-state index in [9.17, 15) is 19.2 Å². The number of carbonyl (C=O) groups excluding carboxylic acids is 4. The molecule has 1 saturated carbocycles. The summed E-state index contributed by atoms with van der Waals surface area (Å²) >= 11 is 0. The van der Waals surface area contributed by atoms with Crippen LogP contribution < -0.4 is 15.4 Å². The van der Waals surface area contributed by atoms with Crippen molar-refractivity contribution < 1.29 is 28.5 Å². The van der Waals surface area contributed by atoms with Gasteiger partial charge in [0.2, 0.25) is 18.0 Å². The van der Waals surface area contributed by atoms with Crippen LogP contribution in [0, 0.1) is 5.92 Å². The van der Waals surface area contributed by atoms with Gasteiger partial charge in [-0.3, -0.25) is 24.1 Å². The van der Waals surface area contributed by atoms with Crippen LogP contribution in [0.25, 0.3) is 10.9 Å². The number of carbonyl (C=O) groups is 4.